The Bertz CT molecular complexity index is 716. The molecular weight excluding hydrogens is 228 g/mol. The molecule has 16 heavy (non-hydrogen) atoms. The third-order valence-electron chi connectivity index (χ3n) is 2.21. The molecule has 0 aliphatic rings. The average molecular weight is 238 g/mol. The molecule has 2 aromatic rings. The zero-order chi connectivity index (χ0) is 11.9. The fourth-order valence-corrected chi connectivity index (χ4v) is 2.48. The van der Waals surface area contributed by atoms with Gasteiger partial charge in [-0.1, -0.05) is 6.07 Å². The lowest BCUT2D eigenvalue weighted by Gasteiger charge is -2.03. The maximum absolute atomic E-state index is 11.7. The number of fused-ring (bicyclic) bond motifs is 1. The molecule has 1 N–H and O–H groups in total. The summed E-state index contributed by atoms with van der Waals surface area (Å²) >= 11 is 0. The highest BCUT2D eigenvalue weighted by atomic mass is 32.2. The molecule has 0 unspecified atom stereocenters. The molecule has 6 heteroatoms. The van der Waals surface area contributed by atoms with Gasteiger partial charge in [-0.05, 0) is 19.1 Å². The van der Waals surface area contributed by atoms with Crippen molar-refractivity contribution in [2.75, 3.05) is 6.26 Å². The first kappa shape index (κ1) is 10.8. The zero-order valence-corrected chi connectivity index (χ0v) is 9.63. The molecule has 0 radical (unpaired) electrons. The highest BCUT2D eigenvalue weighted by Crippen LogP contribution is 2.17. The molecule has 0 saturated heterocycles. The van der Waals surface area contributed by atoms with Crippen LogP contribution >= 0.6 is 0 Å². The fraction of sp³-hybridized carbons (Fsp3) is 0.200. The Morgan fingerprint density at radius 1 is 1.31 bits per heavy atom. The molecule has 84 valence electrons. The van der Waals surface area contributed by atoms with Crippen molar-refractivity contribution in [2.45, 2.75) is 11.8 Å². The van der Waals surface area contributed by atoms with Crippen LogP contribution in [0.15, 0.2) is 27.9 Å². The second-order valence-electron chi connectivity index (χ2n) is 3.57. The van der Waals surface area contributed by atoms with Gasteiger partial charge >= 0.3 is 0 Å². The summed E-state index contributed by atoms with van der Waals surface area (Å²) in [5, 5.41) is 0.121. The van der Waals surface area contributed by atoms with Crippen molar-refractivity contribution < 1.29 is 8.42 Å². The van der Waals surface area contributed by atoms with Crippen LogP contribution in [0.2, 0.25) is 0 Å². The van der Waals surface area contributed by atoms with E-state index in [0.29, 0.717) is 11.3 Å². The molecule has 0 saturated carbocycles. The monoisotopic (exact) mass is 238 g/mol. The normalized spacial score (nSPS) is 11.9. The first-order valence-electron chi connectivity index (χ1n) is 4.59. The van der Waals surface area contributed by atoms with Crippen molar-refractivity contribution in [3.63, 3.8) is 0 Å². The molecule has 0 fully saturated rings. The average Bonchev–Trinajstić information content (AvgIpc) is 2.14. The van der Waals surface area contributed by atoms with Crippen LogP contribution in [0.4, 0.5) is 0 Å². The van der Waals surface area contributed by atoms with Crippen molar-refractivity contribution in [1.29, 1.82) is 0 Å². The van der Waals surface area contributed by atoms with Gasteiger partial charge in [0.15, 0.2) is 9.84 Å². The van der Waals surface area contributed by atoms with E-state index in [1.165, 1.54) is 6.07 Å². The van der Waals surface area contributed by atoms with Crippen LogP contribution < -0.4 is 5.56 Å². The minimum atomic E-state index is -3.42. The van der Waals surface area contributed by atoms with Gasteiger partial charge in [-0.25, -0.2) is 13.4 Å². The highest BCUT2D eigenvalue weighted by molar-refractivity contribution is 7.91. The van der Waals surface area contributed by atoms with E-state index >= 15 is 0 Å². The number of hydrogen-bond donors (Lipinski definition) is 1. The number of hydrogen-bond acceptors (Lipinski definition) is 4. The molecular formula is C10H10N2O3S. The third kappa shape index (κ3) is 1.71. The number of H-pyrrole nitrogens is 1. The predicted octanol–water partition coefficient (Wildman–Crippen LogP) is 0.635. The van der Waals surface area contributed by atoms with Gasteiger partial charge in [-0.3, -0.25) is 4.79 Å². The summed E-state index contributed by atoms with van der Waals surface area (Å²) in [6, 6.07) is 4.60. The highest BCUT2D eigenvalue weighted by Gasteiger charge is 2.14. The molecule has 0 aliphatic carbocycles. The Balaban J connectivity index is 3.05. The summed E-state index contributed by atoms with van der Waals surface area (Å²) in [7, 11) is -3.42. The molecule has 0 amide bonds. The molecule has 0 spiro atoms. The maximum atomic E-state index is 11.7. The summed E-state index contributed by atoms with van der Waals surface area (Å²) in [5.74, 6) is 0.461. The fourth-order valence-electron chi connectivity index (χ4n) is 1.59. The van der Waals surface area contributed by atoms with Crippen molar-refractivity contribution in [3.05, 3.63) is 34.4 Å². The van der Waals surface area contributed by atoms with Crippen LogP contribution in [-0.2, 0) is 9.84 Å². The molecule has 1 heterocycles. The van der Waals surface area contributed by atoms with E-state index in [9.17, 15) is 13.2 Å². The van der Waals surface area contributed by atoms with Crippen molar-refractivity contribution >= 4 is 20.7 Å². The lowest BCUT2D eigenvalue weighted by Crippen LogP contribution is -2.13. The van der Waals surface area contributed by atoms with E-state index < -0.39 is 15.4 Å². The van der Waals surface area contributed by atoms with Crippen LogP contribution in [0.5, 0.6) is 0 Å². The topological polar surface area (TPSA) is 79.9 Å². The Hall–Kier alpha value is -1.69. The summed E-state index contributed by atoms with van der Waals surface area (Å²) in [4.78, 5) is 18.3. The molecule has 1 aromatic heterocycles. The SMILES string of the molecule is Cc1nc2cccc(S(C)(=O)=O)c2c(=O)[nH]1. The molecule has 0 bridgehead atoms. The number of benzene rings is 1. The zero-order valence-electron chi connectivity index (χ0n) is 8.81. The Morgan fingerprint density at radius 2 is 2.00 bits per heavy atom. The molecule has 0 atom stereocenters. The van der Waals surface area contributed by atoms with Crippen molar-refractivity contribution in [1.82, 2.24) is 9.97 Å². The lowest BCUT2D eigenvalue weighted by molar-refractivity contribution is 0.602. The van der Waals surface area contributed by atoms with Crippen LogP contribution in [0.1, 0.15) is 5.82 Å². The Kier molecular flexibility index (Phi) is 2.31. The number of aryl methyl sites for hydroxylation is 1. The van der Waals surface area contributed by atoms with Gasteiger partial charge < -0.3 is 4.98 Å². The van der Waals surface area contributed by atoms with Crippen LogP contribution in [0, 0.1) is 6.92 Å². The standard InChI is InChI=1S/C10H10N2O3S/c1-6-11-7-4-3-5-8(16(2,14)15)9(7)10(13)12-6/h3-5H,1-2H3,(H,11,12,13). The van der Waals surface area contributed by atoms with Gasteiger partial charge in [0.1, 0.15) is 5.82 Å². The summed E-state index contributed by atoms with van der Waals surface area (Å²) in [5.41, 5.74) is -0.0345. The van der Waals surface area contributed by atoms with Gasteiger partial charge in [0, 0.05) is 6.26 Å². The van der Waals surface area contributed by atoms with E-state index in [1.54, 1.807) is 19.1 Å². The van der Waals surface area contributed by atoms with Gasteiger partial charge in [-0.15, -0.1) is 0 Å². The number of aromatic nitrogens is 2. The third-order valence-corrected chi connectivity index (χ3v) is 3.35. The van der Waals surface area contributed by atoms with Gasteiger partial charge in [-0.2, -0.15) is 0 Å². The first-order valence-corrected chi connectivity index (χ1v) is 6.48. The van der Waals surface area contributed by atoms with E-state index in [2.05, 4.69) is 9.97 Å². The van der Waals surface area contributed by atoms with Gasteiger partial charge in [0.05, 0.1) is 15.8 Å². The maximum Gasteiger partial charge on any atom is 0.260 e. The largest absolute Gasteiger partial charge is 0.310 e. The number of nitrogens with one attached hydrogen (secondary N) is 1. The molecule has 2 rings (SSSR count). The second kappa shape index (κ2) is 3.41. The number of aromatic amines is 1. The molecule has 5 nitrogen and oxygen atoms in total. The van der Waals surface area contributed by atoms with E-state index in [0.717, 1.165) is 6.26 Å². The molecule has 0 aliphatic heterocycles. The van der Waals surface area contributed by atoms with Crippen LogP contribution in [-0.4, -0.2) is 24.6 Å². The van der Waals surface area contributed by atoms with E-state index in [-0.39, 0.29) is 10.3 Å². The quantitative estimate of drug-likeness (QED) is 0.790. The summed E-state index contributed by atoms with van der Waals surface area (Å²) in [6.07, 6.45) is 1.07. The predicted molar refractivity (Wildman–Crippen MR) is 60.2 cm³/mol. The summed E-state index contributed by atoms with van der Waals surface area (Å²) in [6.45, 7) is 1.65. The Morgan fingerprint density at radius 3 is 2.62 bits per heavy atom. The smallest absolute Gasteiger partial charge is 0.260 e. The van der Waals surface area contributed by atoms with Crippen LogP contribution in [0.3, 0.4) is 0 Å². The van der Waals surface area contributed by atoms with Gasteiger partial charge in [0.25, 0.3) is 5.56 Å². The van der Waals surface area contributed by atoms with E-state index in [1.807, 2.05) is 0 Å². The summed E-state index contributed by atoms with van der Waals surface area (Å²) < 4.78 is 23.0. The minimum Gasteiger partial charge on any atom is -0.310 e. The number of rotatable bonds is 1. The van der Waals surface area contributed by atoms with Crippen molar-refractivity contribution in [2.24, 2.45) is 0 Å². The number of sulfone groups is 1. The first-order chi connectivity index (χ1) is 7.39. The Labute approximate surface area is 92.1 Å². The lowest BCUT2D eigenvalue weighted by atomic mass is 10.2. The second-order valence-corrected chi connectivity index (χ2v) is 5.56. The van der Waals surface area contributed by atoms with E-state index in [4.69, 9.17) is 0 Å². The van der Waals surface area contributed by atoms with Crippen LogP contribution in [0.25, 0.3) is 10.9 Å². The minimum absolute atomic E-state index is 0.0127. The number of nitrogens with zero attached hydrogens (tertiary/aromatic N) is 1. The molecule has 1 aromatic carbocycles. The van der Waals surface area contributed by atoms with Gasteiger partial charge in [0.2, 0.25) is 0 Å². The van der Waals surface area contributed by atoms with Crippen molar-refractivity contribution in [3.8, 4) is 0 Å².